The Kier molecular flexibility index (Phi) is 4.99. The van der Waals surface area contributed by atoms with Gasteiger partial charge in [-0.1, -0.05) is 25.1 Å². The summed E-state index contributed by atoms with van der Waals surface area (Å²) >= 11 is 0. The highest BCUT2D eigenvalue weighted by Gasteiger charge is 2.04. The number of nitrogens with one attached hydrogen (secondary N) is 1. The molecule has 1 N–H and O–H groups in total. The third kappa shape index (κ3) is 3.98. The molecule has 20 heavy (non-hydrogen) atoms. The number of hydrogen-bond donors (Lipinski definition) is 1. The van der Waals surface area contributed by atoms with Gasteiger partial charge in [-0.25, -0.2) is 4.39 Å². The summed E-state index contributed by atoms with van der Waals surface area (Å²) < 4.78 is 18.9. The number of ether oxygens (including phenoxy) is 1. The van der Waals surface area contributed by atoms with E-state index in [1.165, 1.54) is 12.1 Å². The summed E-state index contributed by atoms with van der Waals surface area (Å²) in [5, 5.41) is 3.31. The van der Waals surface area contributed by atoms with Crippen molar-refractivity contribution in [3.8, 4) is 5.75 Å². The summed E-state index contributed by atoms with van der Waals surface area (Å²) in [7, 11) is 0. The molecule has 0 aliphatic heterocycles. The molecule has 0 aliphatic rings. The molecule has 0 atom stereocenters. The molecule has 106 valence electrons. The Labute approximate surface area is 119 Å². The molecular weight excluding hydrogens is 253 g/mol. The first-order valence-corrected chi connectivity index (χ1v) is 6.91. The largest absolute Gasteiger partial charge is 0.491 e. The van der Waals surface area contributed by atoms with Crippen LogP contribution in [0.25, 0.3) is 0 Å². The maximum atomic E-state index is 13.2. The molecule has 0 bridgehead atoms. The summed E-state index contributed by atoms with van der Waals surface area (Å²) in [6, 6.07) is 12.7. The van der Waals surface area contributed by atoms with E-state index >= 15 is 0 Å². The minimum absolute atomic E-state index is 0.212. The van der Waals surface area contributed by atoms with E-state index in [9.17, 15) is 4.39 Å². The van der Waals surface area contributed by atoms with Gasteiger partial charge in [-0.3, -0.25) is 0 Å². The molecule has 2 aromatic carbocycles. The zero-order chi connectivity index (χ0) is 14.4. The molecule has 2 rings (SSSR count). The van der Waals surface area contributed by atoms with E-state index in [-0.39, 0.29) is 5.82 Å². The van der Waals surface area contributed by atoms with Crippen LogP contribution < -0.4 is 10.1 Å². The fraction of sp³-hybridized carbons (Fsp3) is 0.294. The minimum atomic E-state index is -0.212. The quantitative estimate of drug-likeness (QED) is 0.834. The molecule has 0 amide bonds. The molecule has 0 radical (unpaired) electrons. The molecule has 0 fully saturated rings. The number of anilines is 1. The van der Waals surface area contributed by atoms with Gasteiger partial charge in [0.15, 0.2) is 0 Å². The van der Waals surface area contributed by atoms with E-state index in [1.54, 1.807) is 6.07 Å². The van der Waals surface area contributed by atoms with Crippen molar-refractivity contribution in [1.29, 1.82) is 0 Å². The topological polar surface area (TPSA) is 21.3 Å². The number of benzene rings is 2. The van der Waals surface area contributed by atoms with E-state index in [4.69, 9.17) is 4.74 Å². The fourth-order valence-electron chi connectivity index (χ4n) is 1.96. The molecular formula is C17H20FNO. The molecule has 0 saturated heterocycles. The predicted octanol–water partition coefficient (Wildman–Crippen LogP) is 4.54. The van der Waals surface area contributed by atoms with Crippen molar-refractivity contribution in [2.24, 2.45) is 0 Å². The maximum Gasteiger partial charge on any atom is 0.142 e. The van der Waals surface area contributed by atoms with Gasteiger partial charge in [0, 0.05) is 6.54 Å². The van der Waals surface area contributed by atoms with Crippen LogP contribution in [0.5, 0.6) is 5.75 Å². The van der Waals surface area contributed by atoms with Crippen molar-refractivity contribution < 1.29 is 9.13 Å². The van der Waals surface area contributed by atoms with Gasteiger partial charge < -0.3 is 10.1 Å². The van der Waals surface area contributed by atoms with E-state index in [2.05, 4.69) is 12.2 Å². The second kappa shape index (κ2) is 6.94. The SMILES string of the molecule is CCCOc1ccc(C)cc1NCc1cccc(F)c1. The van der Waals surface area contributed by atoms with Crippen molar-refractivity contribution in [2.45, 2.75) is 26.8 Å². The van der Waals surface area contributed by atoms with Crippen molar-refractivity contribution in [3.63, 3.8) is 0 Å². The summed E-state index contributed by atoms with van der Waals surface area (Å²) in [5.74, 6) is 0.629. The second-order valence-electron chi connectivity index (χ2n) is 4.83. The van der Waals surface area contributed by atoms with Crippen molar-refractivity contribution in [2.75, 3.05) is 11.9 Å². The van der Waals surface area contributed by atoms with Crippen LogP contribution in [0.4, 0.5) is 10.1 Å². The Morgan fingerprint density at radius 1 is 1.15 bits per heavy atom. The zero-order valence-corrected chi connectivity index (χ0v) is 11.9. The third-order valence-corrected chi connectivity index (χ3v) is 2.97. The van der Waals surface area contributed by atoms with Gasteiger partial charge in [0.05, 0.1) is 12.3 Å². The summed E-state index contributed by atoms with van der Waals surface area (Å²) in [5.41, 5.74) is 3.02. The van der Waals surface area contributed by atoms with Crippen LogP contribution in [0.1, 0.15) is 24.5 Å². The lowest BCUT2D eigenvalue weighted by Gasteiger charge is -2.14. The average molecular weight is 273 g/mol. The molecule has 0 aromatic heterocycles. The van der Waals surface area contributed by atoms with Gasteiger partial charge in [-0.2, -0.15) is 0 Å². The highest BCUT2D eigenvalue weighted by molar-refractivity contribution is 5.58. The van der Waals surface area contributed by atoms with E-state index in [0.717, 1.165) is 29.0 Å². The Balaban J connectivity index is 2.09. The Morgan fingerprint density at radius 3 is 2.75 bits per heavy atom. The highest BCUT2D eigenvalue weighted by atomic mass is 19.1. The van der Waals surface area contributed by atoms with Crippen LogP contribution in [0.15, 0.2) is 42.5 Å². The van der Waals surface area contributed by atoms with Gasteiger partial charge in [0.2, 0.25) is 0 Å². The lowest BCUT2D eigenvalue weighted by atomic mass is 10.2. The first kappa shape index (κ1) is 14.4. The summed E-state index contributed by atoms with van der Waals surface area (Å²) in [6.07, 6.45) is 0.969. The van der Waals surface area contributed by atoms with Gasteiger partial charge in [-0.05, 0) is 48.7 Å². The number of halogens is 1. The third-order valence-electron chi connectivity index (χ3n) is 2.97. The zero-order valence-electron chi connectivity index (χ0n) is 11.9. The second-order valence-corrected chi connectivity index (χ2v) is 4.83. The molecule has 3 heteroatoms. The van der Waals surface area contributed by atoms with Crippen molar-refractivity contribution in [1.82, 2.24) is 0 Å². The Morgan fingerprint density at radius 2 is 2.00 bits per heavy atom. The van der Waals surface area contributed by atoms with E-state index < -0.39 is 0 Å². The lowest BCUT2D eigenvalue weighted by molar-refractivity contribution is 0.319. The molecule has 0 saturated carbocycles. The van der Waals surface area contributed by atoms with Crippen LogP contribution in [0, 0.1) is 12.7 Å². The van der Waals surface area contributed by atoms with Crippen LogP contribution in [0.3, 0.4) is 0 Å². The van der Waals surface area contributed by atoms with Gasteiger partial charge in [0.1, 0.15) is 11.6 Å². The standard InChI is InChI=1S/C17H20FNO/c1-3-9-20-17-8-7-13(2)10-16(17)19-12-14-5-4-6-15(18)11-14/h4-8,10-11,19H,3,9,12H2,1-2H3. The molecule has 2 aromatic rings. The maximum absolute atomic E-state index is 13.2. The highest BCUT2D eigenvalue weighted by Crippen LogP contribution is 2.26. The average Bonchev–Trinajstić information content (AvgIpc) is 2.44. The first-order valence-electron chi connectivity index (χ1n) is 6.91. The monoisotopic (exact) mass is 273 g/mol. The van der Waals surface area contributed by atoms with Crippen molar-refractivity contribution >= 4 is 5.69 Å². The van der Waals surface area contributed by atoms with Crippen LogP contribution in [-0.2, 0) is 6.54 Å². The number of aryl methyl sites for hydroxylation is 1. The van der Waals surface area contributed by atoms with Gasteiger partial charge in [0.25, 0.3) is 0 Å². The fourth-order valence-corrected chi connectivity index (χ4v) is 1.96. The van der Waals surface area contributed by atoms with Crippen LogP contribution in [0.2, 0.25) is 0 Å². The minimum Gasteiger partial charge on any atom is -0.491 e. The summed E-state index contributed by atoms with van der Waals surface area (Å²) in [6.45, 7) is 5.38. The normalized spacial score (nSPS) is 10.3. The Bertz CT molecular complexity index is 569. The van der Waals surface area contributed by atoms with Crippen LogP contribution in [-0.4, -0.2) is 6.61 Å². The predicted molar refractivity (Wildman–Crippen MR) is 80.7 cm³/mol. The van der Waals surface area contributed by atoms with Gasteiger partial charge in [-0.15, -0.1) is 0 Å². The molecule has 0 spiro atoms. The smallest absolute Gasteiger partial charge is 0.142 e. The Hall–Kier alpha value is -2.03. The van der Waals surface area contributed by atoms with Crippen molar-refractivity contribution in [3.05, 3.63) is 59.4 Å². The van der Waals surface area contributed by atoms with Crippen LogP contribution >= 0.6 is 0 Å². The molecule has 0 unspecified atom stereocenters. The molecule has 2 nitrogen and oxygen atoms in total. The van der Waals surface area contributed by atoms with Gasteiger partial charge >= 0.3 is 0 Å². The van der Waals surface area contributed by atoms with E-state index in [0.29, 0.717) is 13.2 Å². The lowest BCUT2D eigenvalue weighted by Crippen LogP contribution is -2.04. The molecule has 0 aliphatic carbocycles. The summed E-state index contributed by atoms with van der Waals surface area (Å²) in [4.78, 5) is 0. The van der Waals surface area contributed by atoms with E-state index in [1.807, 2.05) is 31.2 Å². The first-order chi connectivity index (χ1) is 9.69. The number of rotatable bonds is 6. The number of hydrogen-bond acceptors (Lipinski definition) is 2. The molecule has 0 heterocycles.